The van der Waals surface area contributed by atoms with Crippen molar-refractivity contribution >= 4 is 33.8 Å². The van der Waals surface area contributed by atoms with Gasteiger partial charge in [0.15, 0.2) is 5.11 Å². The Morgan fingerprint density at radius 1 is 0.963 bits per heavy atom. The summed E-state index contributed by atoms with van der Waals surface area (Å²) < 4.78 is 5.65. The topological polar surface area (TPSA) is 33.3 Å². The Kier molecular flexibility index (Phi) is 6.66. The van der Waals surface area contributed by atoms with Crippen molar-refractivity contribution in [3.05, 3.63) is 72.3 Å². The van der Waals surface area contributed by atoms with E-state index in [1.807, 2.05) is 38.1 Å². The molecule has 0 aliphatic carbocycles. The normalized spacial score (nSPS) is 10.8. The maximum atomic E-state index is 5.65. The van der Waals surface area contributed by atoms with Crippen molar-refractivity contribution in [3.8, 4) is 5.75 Å². The van der Waals surface area contributed by atoms with Crippen molar-refractivity contribution in [3.63, 3.8) is 0 Å². The van der Waals surface area contributed by atoms with E-state index in [1.54, 1.807) is 0 Å². The maximum absolute atomic E-state index is 5.65. The van der Waals surface area contributed by atoms with Crippen molar-refractivity contribution in [2.45, 2.75) is 32.8 Å². The highest BCUT2D eigenvalue weighted by molar-refractivity contribution is 7.80. The fourth-order valence-electron chi connectivity index (χ4n) is 3.06. The summed E-state index contributed by atoms with van der Waals surface area (Å²) in [5.41, 5.74) is 2.34. The summed E-state index contributed by atoms with van der Waals surface area (Å²) in [4.78, 5) is 0. The third-order valence-corrected chi connectivity index (χ3v) is 4.52. The molecule has 140 valence electrons. The summed E-state index contributed by atoms with van der Waals surface area (Å²) in [5.74, 6) is 0.865. The lowest BCUT2D eigenvalue weighted by molar-refractivity contribution is 0.242. The molecule has 0 saturated heterocycles. The van der Waals surface area contributed by atoms with Gasteiger partial charge in [-0.15, -0.1) is 0 Å². The Labute approximate surface area is 166 Å². The molecule has 0 aromatic heterocycles. The molecule has 3 rings (SSSR count). The van der Waals surface area contributed by atoms with Crippen molar-refractivity contribution in [2.75, 3.05) is 11.9 Å². The third-order valence-electron chi connectivity index (χ3n) is 4.27. The summed E-state index contributed by atoms with van der Waals surface area (Å²) in [6.45, 7) is 4.87. The zero-order valence-electron chi connectivity index (χ0n) is 15.9. The molecule has 3 nitrogen and oxygen atoms in total. The van der Waals surface area contributed by atoms with Gasteiger partial charge in [0.05, 0.1) is 6.10 Å². The van der Waals surface area contributed by atoms with Crippen LogP contribution in [-0.2, 0) is 6.42 Å². The van der Waals surface area contributed by atoms with Gasteiger partial charge in [0.2, 0.25) is 0 Å². The molecule has 0 bridgehead atoms. The molecule has 0 aliphatic heterocycles. The largest absolute Gasteiger partial charge is 0.491 e. The minimum absolute atomic E-state index is 0.174. The molecule has 27 heavy (non-hydrogen) atoms. The summed E-state index contributed by atoms with van der Waals surface area (Å²) in [7, 11) is 0. The highest BCUT2D eigenvalue weighted by Gasteiger charge is 2.02. The average molecular weight is 379 g/mol. The van der Waals surface area contributed by atoms with Gasteiger partial charge in [0.25, 0.3) is 0 Å². The van der Waals surface area contributed by atoms with Crippen LogP contribution in [0.2, 0.25) is 0 Å². The van der Waals surface area contributed by atoms with E-state index in [9.17, 15) is 0 Å². The maximum Gasteiger partial charge on any atom is 0.170 e. The van der Waals surface area contributed by atoms with Gasteiger partial charge in [-0.1, -0.05) is 42.5 Å². The summed E-state index contributed by atoms with van der Waals surface area (Å²) in [6, 6.07) is 22.9. The Morgan fingerprint density at radius 2 is 1.70 bits per heavy atom. The SMILES string of the molecule is CC(C)Oc1ccc(NC(=S)NCCCc2cccc3ccccc23)cc1. The summed E-state index contributed by atoms with van der Waals surface area (Å²) >= 11 is 5.39. The van der Waals surface area contributed by atoms with Crippen LogP contribution in [0.5, 0.6) is 5.75 Å². The molecule has 0 atom stereocenters. The van der Waals surface area contributed by atoms with Crippen LogP contribution in [0.3, 0.4) is 0 Å². The van der Waals surface area contributed by atoms with Crippen LogP contribution >= 0.6 is 12.2 Å². The number of anilines is 1. The Balaban J connectivity index is 1.44. The summed E-state index contributed by atoms with van der Waals surface area (Å²) in [5, 5.41) is 9.78. The van der Waals surface area contributed by atoms with Gasteiger partial charge in [0.1, 0.15) is 5.75 Å². The molecule has 0 radical (unpaired) electrons. The van der Waals surface area contributed by atoms with E-state index in [0.29, 0.717) is 5.11 Å². The van der Waals surface area contributed by atoms with Crippen LogP contribution in [0.15, 0.2) is 66.7 Å². The van der Waals surface area contributed by atoms with Gasteiger partial charge in [-0.25, -0.2) is 0 Å². The van der Waals surface area contributed by atoms with E-state index >= 15 is 0 Å². The standard InChI is InChI=1S/C23H26N2OS/c1-17(2)26-21-14-12-20(13-15-21)25-23(27)24-16-6-10-19-9-5-8-18-7-3-4-11-22(18)19/h3-5,7-9,11-15,17H,6,10,16H2,1-2H3,(H2,24,25,27). The molecule has 2 N–H and O–H groups in total. The number of fused-ring (bicyclic) bond motifs is 1. The zero-order valence-corrected chi connectivity index (χ0v) is 16.7. The van der Waals surface area contributed by atoms with Gasteiger partial charge in [-0.2, -0.15) is 0 Å². The van der Waals surface area contributed by atoms with Crippen LogP contribution < -0.4 is 15.4 Å². The molecule has 0 unspecified atom stereocenters. The molecule has 0 heterocycles. The van der Waals surface area contributed by atoms with Gasteiger partial charge in [0, 0.05) is 12.2 Å². The van der Waals surface area contributed by atoms with Crippen molar-refractivity contribution in [1.82, 2.24) is 5.32 Å². The molecule has 3 aromatic carbocycles. The molecular weight excluding hydrogens is 352 g/mol. The first-order chi connectivity index (χ1) is 13.1. The van der Waals surface area contributed by atoms with Crippen LogP contribution in [0.25, 0.3) is 10.8 Å². The first-order valence-electron chi connectivity index (χ1n) is 9.40. The molecule has 0 saturated carbocycles. The monoisotopic (exact) mass is 378 g/mol. The number of benzene rings is 3. The molecule has 3 aromatic rings. The lowest BCUT2D eigenvalue weighted by Gasteiger charge is -2.13. The van der Waals surface area contributed by atoms with E-state index in [4.69, 9.17) is 17.0 Å². The van der Waals surface area contributed by atoms with Gasteiger partial charge in [-0.3, -0.25) is 0 Å². The second-order valence-electron chi connectivity index (χ2n) is 6.81. The predicted octanol–water partition coefficient (Wildman–Crippen LogP) is 5.55. The number of ether oxygens (including phenoxy) is 1. The van der Waals surface area contributed by atoms with E-state index < -0.39 is 0 Å². The third kappa shape index (κ3) is 5.69. The van der Waals surface area contributed by atoms with Crippen LogP contribution in [0.1, 0.15) is 25.8 Å². The van der Waals surface area contributed by atoms with Gasteiger partial charge < -0.3 is 15.4 Å². The molecule has 0 fully saturated rings. The fraction of sp³-hybridized carbons (Fsp3) is 0.261. The number of rotatable bonds is 7. The second kappa shape index (κ2) is 9.38. The van der Waals surface area contributed by atoms with Crippen LogP contribution in [0, 0.1) is 0 Å². The van der Waals surface area contributed by atoms with E-state index in [1.165, 1.54) is 16.3 Å². The number of thiocarbonyl (C=S) groups is 1. The summed E-state index contributed by atoms with van der Waals surface area (Å²) in [6.07, 6.45) is 2.23. The number of hydrogen-bond donors (Lipinski definition) is 2. The highest BCUT2D eigenvalue weighted by atomic mass is 32.1. The van der Waals surface area contributed by atoms with E-state index in [0.717, 1.165) is 30.8 Å². The molecular formula is C23H26N2OS. The van der Waals surface area contributed by atoms with Gasteiger partial charge >= 0.3 is 0 Å². The Morgan fingerprint density at radius 3 is 2.48 bits per heavy atom. The second-order valence-corrected chi connectivity index (χ2v) is 7.22. The van der Waals surface area contributed by atoms with Crippen molar-refractivity contribution in [1.29, 1.82) is 0 Å². The number of nitrogens with one attached hydrogen (secondary N) is 2. The fourth-order valence-corrected chi connectivity index (χ4v) is 3.28. The zero-order chi connectivity index (χ0) is 19.1. The van der Waals surface area contributed by atoms with Crippen molar-refractivity contribution < 1.29 is 4.74 Å². The first kappa shape index (κ1) is 19.2. The molecule has 0 amide bonds. The Bertz CT molecular complexity index is 885. The Hall–Kier alpha value is -2.59. The number of aryl methyl sites for hydroxylation is 1. The molecule has 4 heteroatoms. The first-order valence-corrected chi connectivity index (χ1v) is 9.81. The van der Waals surface area contributed by atoms with E-state index in [-0.39, 0.29) is 6.10 Å². The van der Waals surface area contributed by atoms with Crippen LogP contribution in [0.4, 0.5) is 5.69 Å². The quantitative estimate of drug-likeness (QED) is 0.417. The number of hydrogen-bond acceptors (Lipinski definition) is 2. The minimum Gasteiger partial charge on any atom is -0.491 e. The van der Waals surface area contributed by atoms with Gasteiger partial charge in [-0.05, 0) is 79.5 Å². The van der Waals surface area contributed by atoms with Crippen LogP contribution in [-0.4, -0.2) is 17.8 Å². The average Bonchev–Trinajstić information content (AvgIpc) is 2.66. The lowest BCUT2D eigenvalue weighted by atomic mass is 10.0. The predicted molar refractivity (Wildman–Crippen MR) is 119 cm³/mol. The van der Waals surface area contributed by atoms with E-state index in [2.05, 4.69) is 53.1 Å². The molecule has 0 spiro atoms. The molecule has 0 aliphatic rings. The van der Waals surface area contributed by atoms with Crippen molar-refractivity contribution in [2.24, 2.45) is 0 Å². The highest BCUT2D eigenvalue weighted by Crippen LogP contribution is 2.19. The smallest absolute Gasteiger partial charge is 0.170 e. The minimum atomic E-state index is 0.174. The lowest BCUT2D eigenvalue weighted by Crippen LogP contribution is -2.29.